The van der Waals surface area contributed by atoms with Gasteiger partial charge in [0.1, 0.15) is 0 Å². The summed E-state index contributed by atoms with van der Waals surface area (Å²) in [7, 11) is 1.48. The lowest BCUT2D eigenvalue weighted by atomic mass is 9.44. The van der Waals surface area contributed by atoms with Crippen molar-refractivity contribution in [1.82, 2.24) is 0 Å². The Hall–Kier alpha value is -1.16. The van der Waals surface area contributed by atoms with Gasteiger partial charge in [0.2, 0.25) is 0 Å². The van der Waals surface area contributed by atoms with Gasteiger partial charge in [0.15, 0.2) is 5.78 Å². The van der Waals surface area contributed by atoms with E-state index in [0.29, 0.717) is 18.3 Å². The SMILES string of the molecule is CC.COC(=O)[C@@H](C)C1CCC2C3CCC4=CC(=O)CC[C@]4(C)[C@@]3(O)CC[C@@]21C. The molecule has 0 radical (unpaired) electrons. The number of fused-ring (bicyclic) bond motifs is 5. The summed E-state index contributed by atoms with van der Waals surface area (Å²) in [6, 6.07) is 0. The van der Waals surface area contributed by atoms with Gasteiger partial charge in [-0.15, -0.1) is 0 Å². The number of ketones is 1. The van der Waals surface area contributed by atoms with Gasteiger partial charge in [0.05, 0.1) is 18.6 Å². The smallest absolute Gasteiger partial charge is 0.308 e. The number of carbonyl (C=O) groups excluding carboxylic acids is 2. The van der Waals surface area contributed by atoms with Gasteiger partial charge in [-0.3, -0.25) is 9.59 Å². The molecule has 0 heterocycles. The third kappa shape index (κ3) is 3.12. The van der Waals surface area contributed by atoms with Gasteiger partial charge in [0, 0.05) is 11.8 Å². The molecule has 1 N–H and O–H groups in total. The lowest BCUT2D eigenvalue weighted by Crippen LogP contribution is -2.63. The minimum absolute atomic E-state index is 0.0851. The summed E-state index contributed by atoms with van der Waals surface area (Å²) in [6.45, 7) is 10.6. The van der Waals surface area contributed by atoms with E-state index in [9.17, 15) is 14.7 Å². The quantitative estimate of drug-likeness (QED) is 0.652. The Morgan fingerprint density at radius 1 is 1.10 bits per heavy atom. The van der Waals surface area contributed by atoms with Crippen molar-refractivity contribution < 1.29 is 19.4 Å². The third-order valence-electron chi connectivity index (χ3n) is 9.40. The Labute approximate surface area is 176 Å². The Kier molecular flexibility index (Phi) is 6.08. The molecule has 0 aromatic carbocycles. The molecular weight excluding hydrogens is 364 g/mol. The molecule has 4 aliphatic carbocycles. The number of esters is 1. The molecule has 0 aromatic rings. The van der Waals surface area contributed by atoms with Crippen LogP contribution in [0.25, 0.3) is 0 Å². The Balaban J connectivity index is 0.00000117. The van der Waals surface area contributed by atoms with E-state index in [-0.39, 0.29) is 34.4 Å². The Bertz CT molecular complexity index is 697. The van der Waals surface area contributed by atoms with Crippen LogP contribution in [0.4, 0.5) is 0 Å². The molecule has 0 amide bonds. The molecule has 7 atom stereocenters. The zero-order chi connectivity index (χ0) is 21.6. The average molecular weight is 405 g/mol. The van der Waals surface area contributed by atoms with Gasteiger partial charge in [-0.2, -0.15) is 0 Å². The highest BCUT2D eigenvalue weighted by atomic mass is 16.5. The van der Waals surface area contributed by atoms with Crippen molar-refractivity contribution in [2.24, 2.45) is 34.5 Å². The van der Waals surface area contributed by atoms with Crippen LogP contribution in [0.5, 0.6) is 0 Å². The largest absolute Gasteiger partial charge is 0.469 e. The van der Waals surface area contributed by atoms with E-state index < -0.39 is 5.60 Å². The maximum absolute atomic E-state index is 12.2. The maximum atomic E-state index is 12.2. The van der Waals surface area contributed by atoms with E-state index in [1.54, 1.807) is 0 Å². The molecular formula is C25H40O4. The zero-order valence-corrected chi connectivity index (χ0v) is 19.2. The van der Waals surface area contributed by atoms with Gasteiger partial charge in [0.25, 0.3) is 0 Å². The predicted molar refractivity (Wildman–Crippen MR) is 114 cm³/mol. The standard InChI is InChI=1S/C23H34O4.C2H6/c1-14(20(25)27-4)17-7-8-18-19-6-5-15-13-16(24)9-10-22(15,3)23(19,26)12-11-21(17,18)2;1-2/h13-14,17-19,26H,5-12H2,1-4H3;1-2H3/t14-,17?,18?,19?,21+,22-,23+;/m0./s1. The van der Waals surface area contributed by atoms with Crippen LogP contribution in [0, 0.1) is 34.5 Å². The van der Waals surface area contributed by atoms with Crippen molar-refractivity contribution in [2.75, 3.05) is 7.11 Å². The average Bonchev–Trinajstić information content (AvgIpc) is 3.07. The molecule has 3 unspecified atom stereocenters. The summed E-state index contributed by atoms with van der Waals surface area (Å²) in [5, 5.41) is 12.0. The number of carbonyl (C=O) groups is 2. The van der Waals surface area contributed by atoms with E-state index in [2.05, 4.69) is 13.8 Å². The van der Waals surface area contributed by atoms with Gasteiger partial charge >= 0.3 is 5.97 Å². The Morgan fingerprint density at radius 3 is 2.45 bits per heavy atom. The summed E-state index contributed by atoms with van der Waals surface area (Å²) in [5.74, 6) is 1.08. The monoisotopic (exact) mass is 404 g/mol. The summed E-state index contributed by atoms with van der Waals surface area (Å²) in [6.07, 6.45) is 8.91. The first-order valence-corrected chi connectivity index (χ1v) is 11.7. The number of hydrogen-bond acceptors (Lipinski definition) is 4. The van der Waals surface area contributed by atoms with Crippen LogP contribution in [-0.2, 0) is 14.3 Å². The molecule has 0 aliphatic heterocycles. The molecule has 0 saturated heterocycles. The number of aliphatic hydroxyl groups is 1. The molecule has 4 rings (SSSR count). The van der Waals surface area contributed by atoms with Gasteiger partial charge in [-0.05, 0) is 74.2 Å². The second-order valence-electron chi connectivity index (χ2n) is 10.1. The molecule has 164 valence electrons. The van der Waals surface area contributed by atoms with Gasteiger partial charge in [-0.1, -0.05) is 40.2 Å². The number of rotatable bonds is 2. The zero-order valence-electron chi connectivity index (χ0n) is 19.2. The van der Waals surface area contributed by atoms with Gasteiger partial charge in [-0.25, -0.2) is 0 Å². The van der Waals surface area contributed by atoms with Crippen LogP contribution in [-0.4, -0.2) is 29.6 Å². The second-order valence-corrected chi connectivity index (χ2v) is 10.1. The summed E-state index contributed by atoms with van der Waals surface area (Å²) in [4.78, 5) is 24.2. The lowest BCUT2D eigenvalue weighted by molar-refractivity contribution is -0.194. The van der Waals surface area contributed by atoms with E-state index in [1.807, 2.05) is 26.8 Å². The van der Waals surface area contributed by atoms with Crippen molar-refractivity contribution in [3.8, 4) is 0 Å². The molecule has 4 heteroatoms. The summed E-state index contributed by atoms with van der Waals surface area (Å²) >= 11 is 0. The predicted octanol–water partition coefficient (Wildman–Crippen LogP) is 5.08. The van der Waals surface area contributed by atoms with Crippen molar-refractivity contribution in [3.63, 3.8) is 0 Å². The fourth-order valence-electron chi connectivity index (χ4n) is 7.71. The van der Waals surface area contributed by atoms with Crippen LogP contribution in [0.15, 0.2) is 11.6 Å². The van der Waals surface area contributed by atoms with Crippen LogP contribution in [0.1, 0.15) is 86.0 Å². The minimum Gasteiger partial charge on any atom is -0.469 e. The molecule has 4 nitrogen and oxygen atoms in total. The molecule has 3 fully saturated rings. The molecule has 29 heavy (non-hydrogen) atoms. The van der Waals surface area contributed by atoms with Crippen molar-refractivity contribution in [3.05, 3.63) is 11.6 Å². The number of ether oxygens (including phenoxy) is 1. The molecule has 4 aliphatic rings. The Morgan fingerprint density at radius 2 is 1.79 bits per heavy atom. The van der Waals surface area contributed by atoms with Crippen molar-refractivity contribution in [1.29, 1.82) is 0 Å². The minimum atomic E-state index is -0.717. The fraction of sp³-hybridized carbons (Fsp3) is 0.840. The highest BCUT2D eigenvalue weighted by Crippen LogP contribution is 2.68. The molecule has 3 saturated carbocycles. The molecule has 0 spiro atoms. The van der Waals surface area contributed by atoms with E-state index in [4.69, 9.17) is 4.74 Å². The highest BCUT2D eigenvalue weighted by molar-refractivity contribution is 5.91. The van der Waals surface area contributed by atoms with E-state index in [1.165, 1.54) is 12.7 Å². The molecule has 0 bridgehead atoms. The first-order chi connectivity index (χ1) is 13.7. The normalized spacial score (nSPS) is 44.3. The van der Waals surface area contributed by atoms with Crippen LogP contribution in [0.2, 0.25) is 0 Å². The first-order valence-electron chi connectivity index (χ1n) is 11.7. The van der Waals surface area contributed by atoms with Crippen LogP contribution in [0.3, 0.4) is 0 Å². The van der Waals surface area contributed by atoms with Crippen molar-refractivity contribution in [2.45, 2.75) is 91.6 Å². The van der Waals surface area contributed by atoms with Gasteiger partial charge < -0.3 is 9.84 Å². The lowest BCUT2D eigenvalue weighted by Gasteiger charge is -2.63. The van der Waals surface area contributed by atoms with Crippen LogP contribution >= 0.6 is 0 Å². The topological polar surface area (TPSA) is 63.6 Å². The summed E-state index contributed by atoms with van der Waals surface area (Å²) < 4.78 is 5.04. The van der Waals surface area contributed by atoms with E-state index in [0.717, 1.165) is 44.9 Å². The van der Waals surface area contributed by atoms with E-state index >= 15 is 0 Å². The van der Waals surface area contributed by atoms with Crippen LogP contribution < -0.4 is 0 Å². The summed E-state index contributed by atoms with van der Waals surface area (Å²) in [5.41, 5.74) is 0.286. The maximum Gasteiger partial charge on any atom is 0.308 e. The van der Waals surface area contributed by atoms with Crippen molar-refractivity contribution >= 4 is 11.8 Å². The first kappa shape index (κ1) is 22.5. The fourth-order valence-corrected chi connectivity index (χ4v) is 7.71. The highest BCUT2D eigenvalue weighted by Gasteiger charge is 2.66. The number of hydrogen-bond donors (Lipinski definition) is 1. The third-order valence-corrected chi connectivity index (χ3v) is 9.40. The number of methoxy groups -OCH3 is 1. The molecule has 0 aromatic heterocycles. The second kappa shape index (κ2) is 7.83.